The van der Waals surface area contributed by atoms with E-state index in [2.05, 4.69) is 16.2 Å². The molecule has 0 bridgehead atoms. The molecule has 2 heterocycles. The van der Waals surface area contributed by atoms with Gasteiger partial charge in [0.25, 0.3) is 0 Å². The Labute approximate surface area is 103 Å². The molecule has 0 radical (unpaired) electrons. The highest BCUT2D eigenvalue weighted by atomic mass is 16.5. The van der Waals surface area contributed by atoms with Gasteiger partial charge in [-0.05, 0) is 18.2 Å². The van der Waals surface area contributed by atoms with Crippen molar-refractivity contribution in [2.75, 3.05) is 0 Å². The predicted octanol–water partition coefficient (Wildman–Crippen LogP) is 2.25. The van der Waals surface area contributed by atoms with Crippen molar-refractivity contribution in [3.63, 3.8) is 0 Å². The normalized spacial score (nSPS) is 10.7. The van der Waals surface area contributed by atoms with E-state index in [4.69, 9.17) is 9.78 Å². The number of fused-ring (bicyclic) bond motifs is 1. The smallest absolute Gasteiger partial charge is 0.223 e. The van der Waals surface area contributed by atoms with Crippen LogP contribution in [0.5, 0.6) is 0 Å². The van der Waals surface area contributed by atoms with Crippen LogP contribution < -0.4 is 0 Å². The van der Waals surface area contributed by atoms with Gasteiger partial charge in [0.1, 0.15) is 0 Å². The predicted molar refractivity (Wildman–Crippen MR) is 64.8 cm³/mol. The molecule has 0 fully saturated rings. The summed E-state index contributed by atoms with van der Waals surface area (Å²) in [6, 6.07) is 9.78. The number of aromatic nitrogens is 3. The third-order valence-corrected chi connectivity index (χ3v) is 2.82. The first kappa shape index (κ1) is 10.5. The molecule has 0 aliphatic carbocycles. The lowest BCUT2D eigenvalue weighted by Crippen LogP contribution is -1.99. The van der Waals surface area contributed by atoms with E-state index in [-0.39, 0.29) is 0 Å². The van der Waals surface area contributed by atoms with E-state index in [1.165, 1.54) is 0 Å². The van der Waals surface area contributed by atoms with Gasteiger partial charge in [0, 0.05) is 24.0 Å². The van der Waals surface area contributed by atoms with Crippen molar-refractivity contribution in [1.29, 1.82) is 5.26 Å². The first-order chi connectivity index (χ1) is 8.78. The maximum atomic E-state index is 9.04. The van der Waals surface area contributed by atoms with Gasteiger partial charge in [-0.25, -0.2) is 0 Å². The monoisotopic (exact) mass is 238 g/mol. The average Bonchev–Trinajstić information content (AvgIpc) is 2.97. The van der Waals surface area contributed by atoms with E-state index in [1.54, 1.807) is 6.92 Å². The van der Waals surface area contributed by atoms with Crippen molar-refractivity contribution >= 4 is 10.9 Å². The van der Waals surface area contributed by atoms with Crippen LogP contribution in [0.25, 0.3) is 10.9 Å². The number of benzene rings is 1. The van der Waals surface area contributed by atoms with Gasteiger partial charge in [0.15, 0.2) is 5.82 Å². The Kier molecular flexibility index (Phi) is 2.34. The van der Waals surface area contributed by atoms with E-state index < -0.39 is 0 Å². The first-order valence-corrected chi connectivity index (χ1v) is 5.55. The van der Waals surface area contributed by atoms with E-state index in [0.29, 0.717) is 23.8 Å². The van der Waals surface area contributed by atoms with E-state index in [0.717, 1.165) is 10.9 Å². The molecule has 18 heavy (non-hydrogen) atoms. The zero-order valence-electron chi connectivity index (χ0n) is 9.79. The molecule has 0 saturated carbocycles. The summed E-state index contributed by atoms with van der Waals surface area (Å²) >= 11 is 0. The maximum absolute atomic E-state index is 9.04. The maximum Gasteiger partial charge on any atom is 0.223 e. The fourth-order valence-corrected chi connectivity index (χ4v) is 2.02. The minimum atomic E-state index is 0.537. The minimum Gasteiger partial charge on any atom is -0.340 e. The van der Waals surface area contributed by atoms with Gasteiger partial charge >= 0.3 is 0 Å². The topological polar surface area (TPSA) is 67.6 Å². The number of nitrogens with zero attached hydrogens (tertiary/aromatic N) is 4. The van der Waals surface area contributed by atoms with Crippen molar-refractivity contribution in [3.05, 3.63) is 47.7 Å². The molecule has 3 rings (SSSR count). The molecule has 0 unspecified atom stereocenters. The van der Waals surface area contributed by atoms with Crippen LogP contribution in [-0.4, -0.2) is 14.7 Å². The Morgan fingerprint density at radius 3 is 3.00 bits per heavy atom. The highest BCUT2D eigenvalue weighted by Gasteiger charge is 2.08. The third kappa shape index (κ3) is 1.64. The molecule has 0 saturated heterocycles. The summed E-state index contributed by atoms with van der Waals surface area (Å²) in [7, 11) is 0. The highest BCUT2D eigenvalue weighted by molar-refractivity contribution is 5.86. The fourth-order valence-electron chi connectivity index (χ4n) is 2.02. The molecule has 0 spiro atoms. The van der Waals surface area contributed by atoms with Gasteiger partial charge in [-0.15, -0.1) is 0 Å². The summed E-state index contributed by atoms with van der Waals surface area (Å²) in [6.45, 7) is 2.30. The SMILES string of the molecule is Cc1nc(Cn2ccc3c(C#N)cccc32)no1. The lowest BCUT2D eigenvalue weighted by atomic mass is 10.1. The molecule has 0 aliphatic rings. The molecule has 5 nitrogen and oxygen atoms in total. The average molecular weight is 238 g/mol. The molecule has 0 N–H and O–H groups in total. The lowest BCUT2D eigenvalue weighted by Gasteiger charge is -2.01. The van der Waals surface area contributed by atoms with Gasteiger partial charge in [0.05, 0.1) is 18.2 Å². The van der Waals surface area contributed by atoms with Gasteiger partial charge in [-0.3, -0.25) is 0 Å². The van der Waals surface area contributed by atoms with E-state index >= 15 is 0 Å². The van der Waals surface area contributed by atoms with Crippen molar-refractivity contribution in [2.24, 2.45) is 0 Å². The summed E-state index contributed by atoms with van der Waals surface area (Å²) in [4.78, 5) is 4.17. The fraction of sp³-hybridized carbons (Fsp3) is 0.154. The summed E-state index contributed by atoms with van der Waals surface area (Å²) in [5, 5.41) is 13.9. The number of hydrogen-bond donors (Lipinski definition) is 0. The summed E-state index contributed by atoms with van der Waals surface area (Å²) in [6.07, 6.45) is 1.93. The third-order valence-electron chi connectivity index (χ3n) is 2.82. The van der Waals surface area contributed by atoms with Crippen LogP contribution >= 0.6 is 0 Å². The summed E-state index contributed by atoms with van der Waals surface area (Å²) in [5.41, 5.74) is 1.67. The lowest BCUT2D eigenvalue weighted by molar-refractivity contribution is 0.386. The Morgan fingerprint density at radius 2 is 2.28 bits per heavy atom. The Balaban J connectivity index is 2.06. The van der Waals surface area contributed by atoms with Gasteiger partial charge < -0.3 is 9.09 Å². The second-order valence-electron chi connectivity index (χ2n) is 4.02. The minimum absolute atomic E-state index is 0.537. The van der Waals surface area contributed by atoms with Gasteiger partial charge in [0.2, 0.25) is 5.89 Å². The van der Waals surface area contributed by atoms with Crippen molar-refractivity contribution in [3.8, 4) is 6.07 Å². The molecule has 3 aromatic rings. The second-order valence-corrected chi connectivity index (χ2v) is 4.02. The Morgan fingerprint density at radius 1 is 1.39 bits per heavy atom. The zero-order chi connectivity index (χ0) is 12.5. The molecular weight excluding hydrogens is 228 g/mol. The molecule has 0 aliphatic heterocycles. The number of nitriles is 1. The molecule has 5 heteroatoms. The summed E-state index contributed by atoms with van der Waals surface area (Å²) in [5.74, 6) is 1.19. The number of aryl methyl sites for hydroxylation is 1. The number of hydrogen-bond acceptors (Lipinski definition) is 4. The van der Waals surface area contributed by atoms with Crippen molar-refractivity contribution in [1.82, 2.24) is 14.7 Å². The van der Waals surface area contributed by atoms with E-state index in [1.807, 2.05) is 35.0 Å². The highest BCUT2D eigenvalue weighted by Crippen LogP contribution is 2.20. The summed E-state index contributed by atoms with van der Waals surface area (Å²) < 4.78 is 6.94. The quantitative estimate of drug-likeness (QED) is 0.686. The standard InChI is InChI=1S/C13H10N4O/c1-9-15-13(16-18-9)8-17-6-5-11-10(7-14)3-2-4-12(11)17/h2-6H,8H2,1H3. The largest absolute Gasteiger partial charge is 0.340 e. The van der Waals surface area contributed by atoms with E-state index in [9.17, 15) is 0 Å². The van der Waals surface area contributed by atoms with Crippen LogP contribution in [0.3, 0.4) is 0 Å². The molecule has 2 aromatic heterocycles. The molecule has 1 aromatic carbocycles. The van der Waals surface area contributed by atoms with Crippen LogP contribution in [0.4, 0.5) is 0 Å². The zero-order valence-corrected chi connectivity index (χ0v) is 9.79. The van der Waals surface area contributed by atoms with Crippen LogP contribution in [-0.2, 0) is 6.54 Å². The molecule has 88 valence electrons. The van der Waals surface area contributed by atoms with Crippen LogP contribution in [0.1, 0.15) is 17.3 Å². The number of rotatable bonds is 2. The van der Waals surface area contributed by atoms with Crippen LogP contribution in [0.2, 0.25) is 0 Å². The van der Waals surface area contributed by atoms with Crippen molar-refractivity contribution < 1.29 is 4.52 Å². The van der Waals surface area contributed by atoms with Crippen LogP contribution in [0, 0.1) is 18.3 Å². The second kappa shape index (κ2) is 4.00. The Hall–Kier alpha value is -2.61. The Bertz CT molecular complexity index is 748. The molecule has 0 atom stereocenters. The van der Waals surface area contributed by atoms with Gasteiger partial charge in [-0.2, -0.15) is 10.2 Å². The molecular formula is C13H10N4O. The molecule has 0 amide bonds. The van der Waals surface area contributed by atoms with Gasteiger partial charge in [-0.1, -0.05) is 11.2 Å². The van der Waals surface area contributed by atoms with Crippen molar-refractivity contribution in [2.45, 2.75) is 13.5 Å². The first-order valence-electron chi connectivity index (χ1n) is 5.55. The van der Waals surface area contributed by atoms with Crippen LogP contribution in [0.15, 0.2) is 35.0 Å².